The molecule has 0 atom stereocenters. The van der Waals surface area contributed by atoms with Crippen molar-refractivity contribution >= 4 is 18.2 Å². The van der Waals surface area contributed by atoms with Crippen molar-refractivity contribution < 1.29 is 4.79 Å². The third kappa shape index (κ3) is 4.40. The second-order valence-corrected chi connectivity index (χ2v) is 2.97. The van der Waals surface area contributed by atoms with Gasteiger partial charge in [-0.3, -0.25) is 4.79 Å². The van der Waals surface area contributed by atoms with Gasteiger partial charge in [0.1, 0.15) is 0 Å². The topological polar surface area (TPSA) is 29.1 Å². The van der Waals surface area contributed by atoms with Gasteiger partial charge in [0.15, 0.2) is 5.78 Å². The molecular weight excluding hydrogens is 198 g/mol. The van der Waals surface area contributed by atoms with Crippen molar-refractivity contribution in [3.8, 4) is 0 Å². The summed E-state index contributed by atoms with van der Waals surface area (Å²) in [5.41, 5.74) is 0.783. The fourth-order valence-corrected chi connectivity index (χ4v) is 1.10. The van der Waals surface area contributed by atoms with E-state index in [2.05, 4.69) is 12.2 Å². The van der Waals surface area contributed by atoms with Crippen molar-refractivity contribution in [2.45, 2.75) is 13.3 Å². The molecule has 3 heteroatoms. The second-order valence-electron chi connectivity index (χ2n) is 2.97. The zero-order chi connectivity index (χ0) is 9.52. The summed E-state index contributed by atoms with van der Waals surface area (Å²) in [6.45, 7) is 3.43. The highest BCUT2D eigenvalue weighted by Gasteiger charge is 2.02. The van der Waals surface area contributed by atoms with Gasteiger partial charge in [-0.05, 0) is 13.0 Å². The third-order valence-corrected chi connectivity index (χ3v) is 1.81. The van der Waals surface area contributed by atoms with Crippen molar-refractivity contribution in [3.63, 3.8) is 0 Å². The van der Waals surface area contributed by atoms with Gasteiger partial charge in [0.05, 0.1) is 6.54 Å². The first kappa shape index (κ1) is 13.1. The molecule has 0 fully saturated rings. The molecule has 0 heterocycles. The van der Waals surface area contributed by atoms with Gasteiger partial charge >= 0.3 is 0 Å². The number of Topliss-reactive ketones (excluding diaryl/α,β-unsaturated/α-hetero) is 1. The van der Waals surface area contributed by atoms with E-state index < -0.39 is 0 Å². The SMILES string of the molecule is CCCNCC(=O)c1ccccc1.Cl. The first-order chi connectivity index (χ1) is 6.34. The van der Waals surface area contributed by atoms with E-state index in [1.807, 2.05) is 30.3 Å². The van der Waals surface area contributed by atoms with Gasteiger partial charge in [-0.1, -0.05) is 37.3 Å². The number of rotatable bonds is 5. The van der Waals surface area contributed by atoms with Crippen molar-refractivity contribution in [2.24, 2.45) is 0 Å². The minimum Gasteiger partial charge on any atom is -0.310 e. The van der Waals surface area contributed by atoms with Crippen LogP contribution in [-0.2, 0) is 0 Å². The molecule has 1 aromatic rings. The van der Waals surface area contributed by atoms with Gasteiger partial charge in [0, 0.05) is 5.56 Å². The maximum absolute atomic E-state index is 11.5. The Balaban J connectivity index is 0.00000169. The average molecular weight is 214 g/mol. The molecule has 2 nitrogen and oxygen atoms in total. The van der Waals surface area contributed by atoms with Crippen molar-refractivity contribution in [3.05, 3.63) is 35.9 Å². The van der Waals surface area contributed by atoms with Crippen LogP contribution in [0.2, 0.25) is 0 Å². The molecule has 0 spiro atoms. The number of nitrogens with one attached hydrogen (secondary N) is 1. The zero-order valence-electron chi connectivity index (χ0n) is 8.32. The van der Waals surface area contributed by atoms with Crippen molar-refractivity contribution in [2.75, 3.05) is 13.1 Å². The molecule has 0 aromatic heterocycles. The smallest absolute Gasteiger partial charge is 0.176 e. The lowest BCUT2D eigenvalue weighted by atomic mass is 10.1. The monoisotopic (exact) mass is 213 g/mol. The number of halogens is 1. The van der Waals surface area contributed by atoms with E-state index in [4.69, 9.17) is 0 Å². The Hall–Kier alpha value is -0.860. The van der Waals surface area contributed by atoms with Crippen LogP contribution in [0.15, 0.2) is 30.3 Å². The van der Waals surface area contributed by atoms with Gasteiger partial charge in [-0.15, -0.1) is 12.4 Å². The van der Waals surface area contributed by atoms with Crippen LogP contribution in [0.1, 0.15) is 23.7 Å². The number of carbonyl (C=O) groups is 1. The Morgan fingerprint density at radius 1 is 1.29 bits per heavy atom. The lowest BCUT2D eigenvalue weighted by Gasteiger charge is -2.01. The number of ketones is 1. The maximum atomic E-state index is 11.5. The van der Waals surface area contributed by atoms with Crippen LogP contribution in [0.4, 0.5) is 0 Å². The fourth-order valence-electron chi connectivity index (χ4n) is 1.10. The summed E-state index contributed by atoms with van der Waals surface area (Å²) < 4.78 is 0. The van der Waals surface area contributed by atoms with E-state index in [1.165, 1.54) is 0 Å². The highest BCUT2D eigenvalue weighted by molar-refractivity contribution is 5.97. The minimum atomic E-state index is 0. The summed E-state index contributed by atoms with van der Waals surface area (Å²) >= 11 is 0. The Morgan fingerprint density at radius 2 is 1.93 bits per heavy atom. The summed E-state index contributed by atoms with van der Waals surface area (Å²) in [6, 6.07) is 9.36. The molecule has 0 unspecified atom stereocenters. The fraction of sp³-hybridized carbons (Fsp3) is 0.364. The number of hydrogen-bond acceptors (Lipinski definition) is 2. The molecule has 1 rings (SSSR count). The number of hydrogen-bond donors (Lipinski definition) is 1. The molecule has 0 saturated carbocycles. The Labute approximate surface area is 91.1 Å². The summed E-state index contributed by atoms with van der Waals surface area (Å²) in [5, 5.41) is 3.08. The van der Waals surface area contributed by atoms with E-state index in [9.17, 15) is 4.79 Å². The van der Waals surface area contributed by atoms with E-state index in [0.717, 1.165) is 18.5 Å². The zero-order valence-corrected chi connectivity index (χ0v) is 9.14. The molecule has 0 aliphatic rings. The molecule has 1 aromatic carbocycles. The molecule has 1 N–H and O–H groups in total. The average Bonchev–Trinajstić information content (AvgIpc) is 2.19. The molecule has 0 aliphatic carbocycles. The molecule has 0 bridgehead atoms. The molecule has 0 aliphatic heterocycles. The van der Waals surface area contributed by atoms with Crippen LogP contribution in [0.3, 0.4) is 0 Å². The molecule has 78 valence electrons. The Kier molecular flexibility index (Phi) is 7.07. The van der Waals surface area contributed by atoms with Gasteiger partial charge in [0.2, 0.25) is 0 Å². The number of carbonyl (C=O) groups excluding carboxylic acids is 1. The van der Waals surface area contributed by atoms with Gasteiger partial charge in [0.25, 0.3) is 0 Å². The molecular formula is C11H16ClNO. The normalized spacial score (nSPS) is 9.21. The first-order valence-corrected chi connectivity index (χ1v) is 4.63. The second kappa shape index (κ2) is 7.54. The molecule has 0 amide bonds. The van der Waals surface area contributed by atoms with E-state index in [-0.39, 0.29) is 18.2 Å². The van der Waals surface area contributed by atoms with Gasteiger partial charge < -0.3 is 5.32 Å². The predicted octanol–water partition coefficient (Wildman–Crippen LogP) is 2.29. The van der Waals surface area contributed by atoms with Crippen LogP contribution in [0.25, 0.3) is 0 Å². The number of benzene rings is 1. The largest absolute Gasteiger partial charge is 0.310 e. The van der Waals surface area contributed by atoms with Crippen LogP contribution >= 0.6 is 12.4 Å². The summed E-state index contributed by atoms with van der Waals surface area (Å²) in [6.07, 6.45) is 1.06. The van der Waals surface area contributed by atoms with Gasteiger partial charge in [-0.25, -0.2) is 0 Å². The van der Waals surface area contributed by atoms with Crippen LogP contribution in [0.5, 0.6) is 0 Å². The first-order valence-electron chi connectivity index (χ1n) is 4.63. The standard InChI is InChI=1S/C11H15NO.ClH/c1-2-8-12-9-11(13)10-6-4-3-5-7-10;/h3-7,12H,2,8-9H2,1H3;1H. The highest BCUT2D eigenvalue weighted by Crippen LogP contribution is 1.98. The molecule has 0 radical (unpaired) electrons. The Bertz CT molecular complexity index is 261. The predicted molar refractivity (Wildman–Crippen MR) is 61.2 cm³/mol. The van der Waals surface area contributed by atoms with Gasteiger partial charge in [-0.2, -0.15) is 0 Å². The van der Waals surface area contributed by atoms with Crippen LogP contribution in [0, 0.1) is 0 Å². The van der Waals surface area contributed by atoms with E-state index >= 15 is 0 Å². The summed E-state index contributed by atoms with van der Waals surface area (Å²) in [5.74, 6) is 0.161. The quantitative estimate of drug-likeness (QED) is 0.601. The molecule has 0 saturated heterocycles. The van der Waals surface area contributed by atoms with Crippen LogP contribution in [-0.4, -0.2) is 18.9 Å². The molecule has 14 heavy (non-hydrogen) atoms. The maximum Gasteiger partial charge on any atom is 0.176 e. The van der Waals surface area contributed by atoms with Crippen molar-refractivity contribution in [1.82, 2.24) is 5.32 Å². The van der Waals surface area contributed by atoms with Crippen molar-refractivity contribution in [1.29, 1.82) is 0 Å². The van der Waals surface area contributed by atoms with E-state index in [1.54, 1.807) is 0 Å². The lowest BCUT2D eigenvalue weighted by Crippen LogP contribution is -2.23. The Morgan fingerprint density at radius 3 is 2.50 bits per heavy atom. The summed E-state index contributed by atoms with van der Waals surface area (Å²) in [7, 11) is 0. The minimum absolute atomic E-state index is 0. The highest BCUT2D eigenvalue weighted by atomic mass is 35.5. The van der Waals surface area contributed by atoms with Crippen LogP contribution < -0.4 is 5.32 Å². The lowest BCUT2D eigenvalue weighted by molar-refractivity contribution is 0.0991. The summed E-state index contributed by atoms with van der Waals surface area (Å²) in [4.78, 5) is 11.5. The third-order valence-electron chi connectivity index (χ3n) is 1.81. The van der Waals surface area contributed by atoms with E-state index in [0.29, 0.717) is 6.54 Å².